The van der Waals surface area contributed by atoms with Crippen molar-refractivity contribution in [2.75, 3.05) is 31.1 Å². The average molecular weight is 305 g/mol. The van der Waals surface area contributed by atoms with Crippen LogP contribution >= 0.6 is 11.6 Å². The van der Waals surface area contributed by atoms with Crippen LogP contribution in [0.5, 0.6) is 0 Å². The highest BCUT2D eigenvalue weighted by Crippen LogP contribution is 2.20. The third-order valence-electron chi connectivity index (χ3n) is 3.66. The number of aromatic nitrogens is 2. The molecule has 0 unspecified atom stereocenters. The topological polar surface area (TPSA) is 41.4 Å². The number of amides is 1. The first kappa shape index (κ1) is 13.9. The van der Waals surface area contributed by atoms with Crippen molar-refractivity contribution in [3.63, 3.8) is 0 Å². The molecule has 0 aliphatic carbocycles. The van der Waals surface area contributed by atoms with Crippen LogP contribution in [0, 0.1) is 0 Å². The summed E-state index contributed by atoms with van der Waals surface area (Å²) in [5.41, 5.74) is 1.11. The Labute approximate surface area is 128 Å². The third-order valence-corrected chi connectivity index (χ3v) is 3.90. The lowest BCUT2D eigenvalue weighted by molar-refractivity contribution is -0.132. The zero-order chi connectivity index (χ0) is 14.7. The van der Waals surface area contributed by atoms with Crippen LogP contribution in [0.4, 0.5) is 5.69 Å². The van der Waals surface area contributed by atoms with E-state index in [-0.39, 0.29) is 5.91 Å². The van der Waals surface area contributed by atoms with Crippen LogP contribution in [0.25, 0.3) is 0 Å². The van der Waals surface area contributed by atoms with Crippen molar-refractivity contribution < 1.29 is 4.79 Å². The molecule has 0 atom stereocenters. The van der Waals surface area contributed by atoms with Crippen molar-refractivity contribution >= 4 is 23.2 Å². The second-order valence-corrected chi connectivity index (χ2v) is 5.49. The number of nitrogens with zero attached hydrogens (tertiary/aromatic N) is 4. The molecule has 5 nitrogen and oxygen atoms in total. The van der Waals surface area contributed by atoms with Crippen molar-refractivity contribution in [2.45, 2.75) is 6.54 Å². The van der Waals surface area contributed by atoms with Crippen LogP contribution < -0.4 is 4.90 Å². The molecular formula is C15H17ClN4O. The Morgan fingerprint density at radius 1 is 1.19 bits per heavy atom. The number of carbonyl (C=O) groups is 1. The minimum absolute atomic E-state index is 0.115. The summed E-state index contributed by atoms with van der Waals surface area (Å²) in [5.74, 6) is 0.115. The molecule has 1 fully saturated rings. The Hall–Kier alpha value is -2.01. The number of benzene rings is 1. The van der Waals surface area contributed by atoms with Gasteiger partial charge in [-0.1, -0.05) is 17.7 Å². The third kappa shape index (κ3) is 3.36. The molecule has 1 aliphatic rings. The van der Waals surface area contributed by atoms with Crippen LogP contribution in [0.3, 0.4) is 0 Å². The summed E-state index contributed by atoms with van der Waals surface area (Å²) in [6, 6.07) is 9.65. The Balaban J connectivity index is 1.56. The normalized spacial score (nSPS) is 15.3. The van der Waals surface area contributed by atoms with E-state index in [1.54, 1.807) is 17.1 Å². The lowest BCUT2D eigenvalue weighted by atomic mass is 10.2. The van der Waals surface area contributed by atoms with Gasteiger partial charge in [0, 0.05) is 49.3 Å². The predicted molar refractivity (Wildman–Crippen MR) is 82.5 cm³/mol. The van der Waals surface area contributed by atoms with Gasteiger partial charge in [0.1, 0.15) is 6.54 Å². The van der Waals surface area contributed by atoms with Gasteiger partial charge in [0.2, 0.25) is 5.91 Å². The fourth-order valence-electron chi connectivity index (χ4n) is 2.52. The highest BCUT2D eigenvalue weighted by Gasteiger charge is 2.21. The van der Waals surface area contributed by atoms with Gasteiger partial charge in [0.25, 0.3) is 0 Å². The number of anilines is 1. The smallest absolute Gasteiger partial charge is 0.244 e. The van der Waals surface area contributed by atoms with Crippen LogP contribution in [0.1, 0.15) is 0 Å². The molecule has 0 radical (unpaired) electrons. The van der Waals surface area contributed by atoms with Crippen LogP contribution in [-0.2, 0) is 11.3 Å². The first-order valence-electron chi connectivity index (χ1n) is 6.98. The summed E-state index contributed by atoms with van der Waals surface area (Å²) in [4.78, 5) is 16.3. The molecule has 0 bridgehead atoms. The monoisotopic (exact) mass is 304 g/mol. The number of hydrogen-bond donors (Lipinski definition) is 0. The van der Waals surface area contributed by atoms with Crippen LogP contribution in [-0.4, -0.2) is 46.8 Å². The molecule has 2 aromatic rings. The van der Waals surface area contributed by atoms with Gasteiger partial charge in [0.05, 0.1) is 0 Å². The molecule has 0 saturated carbocycles. The van der Waals surface area contributed by atoms with E-state index in [2.05, 4.69) is 10.00 Å². The van der Waals surface area contributed by atoms with Gasteiger partial charge in [-0.25, -0.2) is 0 Å². The fourth-order valence-corrected chi connectivity index (χ4v) is 2.70. The molecule has 6 heteroatoms. The zero-order valence-electron chi connectivity index (χ0n) is 11.7. The maximum absolute atomic E-state index is 12.2. The van der Waals surface area contributed by atoms with E-state index in [0.29, 0.717) is 6.54 Å². The molecule has 2 heterocycles. The van der Waals surface area contributed by atoms with Crippen molar-refractivity contribution in [1.29, 1.82) is 0 Å². The molecule has 3 rings (SSSR count). The lowest BCUT2D eigenvalue weighted by Crippen LogP contribution is -2.49. The minimum Gasteiger partial charge on any atom is -0.368 e. The van der Waals surface area contributed by atoms with E-state index in [0.717, 1.165) is 36.9 Å². The Bertz CT molecular complexity index is 606. The van der Waals surface area contributed by atoms with E-state index >= 15 is 0 Å². The fraction of sp³-hybridized carbons (Fsp3) is 0.333. The van der Waals surface area contributed by atoms with Gasteiger partial charge < -0.3 is 9.80 Å². The lowest BCUT2D eigenvalue weighted by Gasteiger charge is -2.36. The highest BCUT2D eigenvalue weighted by molar-refractivity contribution is 6.30. The van der Waals surface area contributed by atoms with E-state index in [4.69, 9.17) is 11.6 Å². The molecule has 21 heavy (non-hydrogen) atoms. The number of hydrogen-bond acceptors (Lipinski definition) is 3. The summed E-state index contributed by atoms with van der Waals surface area (Å²) >= 11 is 6.02. The van der Waals surface area contributed by atoms with E-state index in [1.165, 1.54) is 0 Å². The molecule has 0 N–H and O–H groups in total. The molecule has 1 amide bonds. The van der Waals surface area contributed by atoms with E-state index in [9.17, 15) is 4.79 Å². The quantitative estimate of drug-likeness (QED) is 0.869. The van der Waals surface area contributed by atoms with Gasteiger partial charge >= 0.3 is 0 Å². The minimum atomic E-state index is 0.115. The highest BCUT2D eigenvalue weighted by atomic mass is 35.5. The summed E-state index contributed by atoms with van der Waals surface area (Å²) in [6.07, 6.45) is 3.49. The van der Waals surface area contributed by atoms with Crippen LogP contribution in [0.2, 0.25) is 5.02 Å². The summed E-state index contributed by atoms with van der Waals surface area (Å²) in [7, 11) is 0. The molecular weight excluding hydrogens is 288 g/mol. The number of rotatable bonds is 3. The standard InChI is InChI=1S/C15H17ClN4O/c16-13-3-1-4-14(11-13)18-7-9-19(10-8-18)15(21)12-20-6-2-5-17-20/h1-6,11H,7-10,12H2. The average Bonchev–Trinajstić information content (AvgIpc) is 3.00. The second-order valence-electron chi connectivity index (χ2n) is 5.05. The number of halogens is 1. The molecule has 1 saturated heterocycles. The predicted octanol–water partition coefficient (Wildman–Crippen LogP) is 1.89. The van der Waals surface area contributed by atoms with Crippen molar-refractivity contribution in [2.24, 2.45) is 0 Å². The first-order valence-corrected chi connectivity index (χ1v) is 7.36. The van der Waals surface area contributed by atoms with Gasteiger partial charge in [0.15, 0.2) is 0 Å². The molecule has 1 aromatic carbocycles. The van der Waals surface area contributed by atoms with Crippen molar-refractivity contribution in [1.82, 2.24) is 14.7 Å². The van der Waals surface area contributed by atoms with E-state index < -0.39 is 0 Å². The largest absolute Gasteiger partial charge is 0.368 e. The maximum Gasteiger partial charge on any atom is 0.244 e. The van der Waals surface area contributed by atoms with Crippen molar-refractivity contribution in [3.8, 4) is 0 Å². The number of carbonyl (C=O) groups excluding carboxylic acids is 1. The molecule has 0 spiro atoms. The van der Waals surface area contributed by atoms with Gasteiger partial charge in [-0.05, 0) is 24.3 Å². The number of piperazine rings is 1. The Morgan fingerprint density at radius 3 is 2.67 bits per heavy atom. The summed E-state index contributed by atoms with van der Waals surface area (Å²) < 4.78 is 1.66. The Morgan fingerprint density at radius 2 is 2.00 bits per heavy atom. The zero-order valence-corrected chi connectivity index (χ0v) is 12.4. The first-order chi connectivity index (χ1) is 10.2. The van der Waals surface area contributed by atoms with Crippen LogP contribution in [0.15, 0.2) is 42.7 Å². The maximum atomic E-state index is 12.2. The van der Waals surface area contributed by atoms with E-state index in [1.807, 2.05) is 35.2 Å². The molecule has 1 aromatic heterocycles. The summed E-state index contributed by atoms with van der Waals surface area (Å²) in [5, 5.41) is 4.81. The molecule has 110 valence electrons. The SMILES string of the molecule is O=C(Cn1cccn1)N1CCN(c2cccc(Cl)c2)CC1. The van der Waals surface area contributed by atoms with Gasteiger partial charge in [-0.2, -0.15) is 5.10 Å². The van der Waals surface area contributed by atoms with Crippen molar-refractivity contribution in [3.05, 3.63) is 47.7 Å². The molecule has 1 aliphatic heterocycles. The Kier molecular flexibility index (Phi) is 4.10. The second kappa shape index (κ2) is 6.18. The van der Waals surface area contributed by atoms with Gasteiger partial charge in [-0.15, -0.1) is 0 Å². The van der Waals surface area contributed by atoms with Gasteiger partial charge in [-0.3, -0.25) is 9.48 Å². The summed E-state index contributed by atoms with van der Waals surface area (Å²) in [6.45, 7) is 3.42.